The summed E-state index contributed by atoms with van der Waals surface area (Å²) in [5.74, 6) is 0.133. The first-order valence-electron chi connectivity index (χ1n) is 10.3. The Bertz CT molecular complexity index is 855. The summed E-state index contributed by atoms with van der Waals surface area (Å²) < 4.78 is 15.2. The van der Waals surface area contributed by atoms with E-state index in [4.69, 9.17) is 19.8 Å². The number of rotatable bonds is 13. The average molecular weight is 428 g/mol. The van der Waals surface area contributed by atoms with Gasteiger partial charge in [0.15, 0.2) is 0 Å². The van der Waals surface area contributed by atoms with Crippen LogP contribution >= 0.6 is 0 Å². The van der Waals surface area contributed by atoms with E-state index in [1.54, 1.807) is 19.2 Å². The Balaban J connectivity index is 1.89. The van der Waals surface area contributed by atoms with E-state index in [9.17, 15) is 9.59 Å². The van der Waals surface area contributed by atoms with Gasteiger partial charge in [-0.15, -0.1) is 0 Å². The fourth-order valence-corrected chi connectivity index (χ4v) is 2.92. The summed E-state index contributed by atoms with van der Waals surface area (Å²) in [6, 6.07) is 11.2. The fourth-order valence-electron chi connectivity index (χ4n) is 2.92. The first kappa shape index (κ1) is 24.7. The predicted molar refractivity (Wildman–Crippen MR) is 124 cm³/mol. The zero-order valence-electron chi connectivity index (χ0n) is 18.1. The summed E-state index contributed by atoms with van der Waals surface area (Å²) in [5, 5.41) is 10.5. The second-order valence-corrected chi connectivity index (χ2v) is 6.96. The molecule has 11 heteroatoms. The monoisotopic (exact) mass is 428 g/mol. The van der Waals surface area contributed by atoms with E-state index >= 15 is 0 Å². The normalized spacial score (nSPS) is 11.6. The van der Waals surface area contributed by atoms with Gasteiger partial charge in [-0.05, 0) is 41.7 Å². The molecule has 0 aliphatic heterocycles. The smallest absolute Gasteiger partial charge is 0.412 e. The van der Waals surface area contributed by atoms with E-state index in [1.807, 2.05) is 31.2 Å². The molecule has 0 spiro atoms. The number of fused-ring (bicyclic) bond motifs is 1. The second kappa shape index (κ2) is 13.7. The van der Waals surface area contributed by atoms with E-state index in [2.05, 4.69) is 15.9 Å². The van der Waals surface area contributed by atoms with Gasteiger partial charge in [-0.25, -0.2) is 4.79 Å². The van der Waals surface area contributed by atoms with Gasteiger partial charge in [-0.1, -0.05) is 24.3 Å². The molecule has 31 heavy (non-hydrogen) atoms. The Kier molecular flexibility index (Phi) is 10.9. The highest BCUT2D eigenvalue weighted by Gasteiger charge is 2.15. The Morgan fingerprint density at radius 3 is 2.61 bits per heavy atom. The van der Waals surface area contributed by atoms with E-state index in [1.165, 1.54) is 0 Å². The van der Waals surface area contributed by atoms with E-state index in [0.717, 1.165) is 16.3 Å². The molecule has 2 aromatic rings. The van der Waals surface area contributed by atoms with Crippen molar-refractivity contribution in [2.24, 2.45) is 5.73 Å². The van der Waals surface area contributed by atoms with Crippen molar-refractivity contribution in [3.05, 3.63) is 42.0 Å². The summed E-state index contributed by atoms with van der Waals surface area (Å²) in [6.45, 7) is 3.65. The van der Waals surface area contributed by atoms with Gasteiger partial charge < -0.3 is 35.6 Å². The lowest BCUT2D eigenvalue weighted by Gasteiger charge is -2.14. The van der Waals surface area contributed by atoms with Gasteiger partial charge in [-0.2, -0.15) is 0 Å². The topological polar surface area (TPSA) is 124 Å². The van der Waals surface area contributed by atoms with Crippen LogP contribution in [0.4, 0.5) is 4.79 Å². The quantitative estimate of drug-likeness (QED) is 0.206. The first-order valence-corrected chi connectivity index (χ1v) is 10.3. The van der Waals surface area contributed by atoms with Crippen molar-refractivity contribution in [2.75, 3.05) is 33.5 Å². The van der Waals surface area contributed by atoms with Crippen LogP contribution in [-0.2, 0) is 14.1 Å². The molecule has 2 aromatic carbocycles. The summed E-state index contributed by atoms with van der Waals surface area (Å²) in [6.07, 6.45) is 0.136. The minimum Gasteiger partial charge on any atom is -0.428 e. The number of carbonyl (C=O) groups excluding carboxylic acids is 2. The molecule has 0 saturated heterocycles. The van der Waals surface area contributed by atoms with Gasteiger partial charge in [0.05, 0.1) is 12.6 Å². The van der Waals surface area contributed by atoms with Gasteiger partial charge in [0, 0.05) is 26.7 Å². The van der Waals surface area contributed by atoms with E-state index in [-0.39, 0.29) is 18.6 Å². The number of hydrogen-bond acceptors (Lipinski definition) is 7. The summed E-state index contributed by atoms with van der Waals surface area (Å²) in [5.41, 5.74) is 6.15. The fraction of sp³-hybridized carbons (Fsp3) is 0.400. The van der Waals surface area contributed by atoms with Gasteiger partial charge in [0.1, 0.15) is 5.75 Å². The van der Waals surface area contributed by atoms with Crippen molar-refractivity contribution in [1.29, 1.82) is 0 Å². The third-order valence-corrected chi connectivity index (χ3v) is 4.64. The number of amides is 2. The van der Waals surface area contributed by atoms with Crippen LogP contribution in [0.5, 0.6) is 5.75 Å². The molecule has 5 N–H and O–H groups in total. The number of benzene rings is 2. The molecule has 0 saturated carbocycles. The Morgan fingerprint density at radius 1 is 1.06 bits per heavy atom. The third kappa shape index (κ3) is 8.58. The predicted octanol–water partition coefficient (Wildman–Crippen LogP) is 0.353. The maximum Gasteiger partial charge on any atom is 0.412 e. The van der Waals surface area contributed by atoms with Crippen LogP contribution in [0, 0.1) is 0 Å². The molecule has 0 aliphatic rings. The number of nitrogens with one attached hydrogen (secondary N) is 3. The second-order valence-electron chi connectivity index (χ2n) is 6.96. The molecule has 0 unspecified atom stereocenters. The summed E-state index contributed by atoms with van der Waals surface area (Å²) in [4.78, 5) is 24.3. The standard InChI is InChI=1S/C20H30B2N4O5/c1-14(19(27)24-9-10-26-22-29-2)15-3-4-17-12-18(6-5-16(17)11-15)31-20(28)25-8-7-21-30-13-23/h3-6,11-12,14,21-22,26H,7-10,13,23H2,1-2H3,(H,24,27)(H,25,28)/t14-/m1/s1. The van der Waals surface area contributed by atoms with Gasteiger partial charge >= 0.3 is 13.7 Å². The Morgan fingerprint density at radius 2 is 1.84 bits per heavy atom. The first-order chi connectivity index (χ1) is 15.0. The largest absolute Gasteiger partial charge is 0.428 e. The number of ether oxygens (including phenoxy) is 1. The molecule has 0 aromatic heterocycles. The Labute approximate surface area is 183 Å². The van der Waals surface area contributed by atoms with Crippen LogP contribution in [0.1, 0.15) is 18.4 Å². The molecule has 0 radical (unpaired) electrons. The van der Waals surface area contributed by atoms with Crippen LogP contribution in [-0.4, -0.2) is 60.6 Å². The van der Waals surface area contributed by atoms with Crippen LogP contribution in [0.2, 0.25) is 6.32 Å². The number of carbonyl (C=O) groups is 2. The zero-order chi connectivity index (χ0) is 22.5. The van der Waals surface area contributed by atoms with E-state index in [0.29, 0.717) is 46.8 Å². The highest BCUT2D eigenvalue weighted by atomic mass is 16.6. The van der Waals surface area contributed by atoms with Crippen molar-refractivity contribution < 1.29 is 23.6 Å². The van der Waals surface area contributed by atoms with Gasteiger partial charge in [0.25, 0.3) is 7.48 Å². The molecular formula is C20H30B2N4O5. The summed E-state index contributed by atoms with van der Waals surface area (Å²) in [7, 11) is 2.54. The molecule has 2 amide bonds. The van der Waals surface area contributed by atoms with Gasteiger partial charge in [-0.3, -0.25) is 4.79 Å². The van der Waals surface area contributed by atoms with Crippen LogP contribution in [0.15, 0.2) is 36.4 Å². The third-order valence-electron chi connectivity index (χ3n) is 4.64. The molecule has 0 aliphatic carbocycles. The zero-order valence-corrected chi connectivity index (χ0v) is 18.1. The molecule has 0 heterocycles. The molecule has 166 valence electrons. The molecule has 1 atom stereocenters. The average Bonchev–Trinajstić information content (AvgIpc) is 2.77. The maximum atomic E-state index is 12.4. The van der Waals surface area contributed by atoms with E-state index < -0.39 is 6.09 Å². The molecule has 2 rings (SSSR count). The SMILES string of the molecule is COBNCCNC(=O)[C@H](C)c1ccc2cc(OC(=O)NCCBOCN)ccc2c1. The van der Waals surface area contributed by atoms with Crippen molar-refractivity contribution in [3.8, 4) is 5.75 Å². The van der Waals surface area contributed by atoms with Crippen LogP contribution < -0.4 is 26.3 Å². The summed E-state index contributed by atoms with van der Waals surface area (Å²) >= 11 is 0. The van der Waals surface area contributed by atoms with Crippen molar-refractivity contribution in [3.63, 3.8) is 0 Å². The van der Waals surface area contributed by atoms with Gasteiger partial charge in [0.2, 0.25) is 5.91 Å². The lowest BCUT2D eigenvalue weighted by Crippen LogP contribution is -2.35. The highest BCUT2D eigenvalue weighted by molar-refractivity contribution is 6.27. The van der Waals surface area contributed by atoms with Crippen molar-refractivity contribution in [1.82, 2.24) is 15.9 Å². The molecule has 9 nitrogen and oxygen atoms in total. The lowest BCUT2D eigenvalue weighted by molar-refractivity contribution is -0.122. The highest BCUT2D eigenvalue weighted by Crippen LogP contribution is 2.25. The van der Waals surface area contributed by atoms with Crippen molar-refractivity contribution in [2.45, 2.75) is 19.2 Å². The minimum absolute atomic E-state index is 0.0351. The lowest BCUT2D eigenvalue weighted by atomic mass is 9.96. The van der Waals surface area contributed by atoms with Crippen molar-refractivity contribution >= 4 is 37.9 Å². The Hall–Kier alpha value is -2.59. The van der Waals surface area contributed by atoms with Crippen LogP contribution in [0.3, 0.4) is 0 Å². The molecular weight excluding hydrogens is 398 g/mol. The minimum atomic E-state index is -0.519. The maximum absolute atomic E-state index is 12.4. The number of nitrogens with two attached hydrogens (primary N) is 1. The number of hydrogen-bond donors (Lipinski definition) is 4. The molecule has 0 fully saturated rings. The molecule has 0 bridgehead atoms. The van der Waals surface area contributed by atoms with Crippen LogP contribution in [0.25, 0.3) is 10.8 Å².